The van der Waals surface area contributed by atoms with E-state index in [4.69, 9.17) is 23.2 Å². The van der Waals surface area contributed by atoms with Crippen LogP contribution in [0.4, 0.5) is 11.4 Å². The standard InChI is InChI=1S/C29H21Cl2N3O4S2/c1-15-8-5-6-13-19(15)32-20(35)14-33-28-25(40-29(33)38)21(17-11-7-12-18(30)23(17)31)22-24(39-28)27(37)34(26(22)36)16-9-3-2-4-10-16/h2-13,21-22,24H,14H2,1H3,(H,32,35). The second-order valence-electron chi connectivity index (χ2n) is 9.52. The molecule has 40 heavy (non-hydrogen) atoms. The first-order valence-electron chi connectivity index (χ1n) is 12.4. The molecule has 6 rings (SSSR count). The Labute approximate surface area is 247 Å². The van der Waals surface area contributed by atoms with Crippen LogP contribution >= 0.6 is 46.3 Å². The molecule has 202 valence electrons. The first-order valence-corrected chi connectivity index (χ1v) is 14.8. The van der Waals surface area contributed by atoms with Crippen LogP contribution in [0.15, 0.2) is 82.6 Å². The van der Waals surface area contributed by atoms with Crippen LogP contribution in [0.2, 0.25) is 10.0 Å². The lowest BCUT2D eigenvalue weighted by Crippen LogP contribution is -2.33. The molecule has 0 bridgehead atoms. The Morgan fingerprint density at radius 1 is 0.925 bits per heavy atom. The largest absolute Gasteiger partial charge is 0.324 e. The average Bonchev–Trinajstić information content (AvgIpc) is 3.38. The van der Waals surface area contributed by atoms with Crippen molar-refractivity contribution >= 4 is 75.4 Å². The second kappa shape index (κ2) is 10.6. The Kier molecular flexibility index (Phi) is 7.08. The summed E-state index contributed by atoms with van der Waals surface area (Å²) in [6.07, 6.45) is 0. The van der Waals surface area contributed by atoms with Crippen molar-refractivity contribution in [3.63, 3.8) is 0 Å². The molecule has 3 aromatic carbocycles. The van der Waals surface area contributed by atoms with Crippen molar-refractivity contribution in [1.29, 1.82) is 0 Å². The van der Waals surface area contributed by atoms with Crippen LogP contribution in [0.5, 0.6) is 0 Å². The first kappa shape index (κ1) is 26.8. The molecule has 2 aliphatic heterocycles. The van der Waals surface area contributed by atoms with Crippen LogP contribution in [-0.4, -0.2) is 27.5 Å². The zero-order valence-electron chi connectivity index (χ0n) is 21.0. The summed E-state index contributed by atoms with van der Waals surface area (Å²) >= 11 is 15.1. The number of amides is 3. The van der Waals surface area contributed by atoms with Crippen LogP contribution in [0.25, 0.3) is 0 Å². The molecule has 1 saturated heterocycles. The van der Waals surface area contributed by atoms with E-state index in [1.165, 1.54) is 9.47 Å². The Balaban J connectivity index is 1.45. The van der Waals surface area contributed by atoms with Gasteiger partial charge in [-0.1, -0.05) is 94.8 Å². The molecule has 11 heteroatoms. The lowest BCUT2D eigenvalue weighted by molar-refractivity contribution is -0.122. The van der Waals surface area contributed by atoms with Gasteiger partial charge in [-0.2, -0.15) is 0 Å². The molecule has 0 radical (unpaired) electrons. The lowest BCUT2D eigenvalue weighted by atomic mass is 9.83. The molecule has 3 unspecified atom stereocenters. The van der Waals surface area contributed by atoms with Crippen molar-refractivity contribution in [3.05, 3.63) is 109 Å². The predicted octanol–water partition coefficient (Wildman–Crippen LogP) is 5.96. The van der Waals surface area contributed by atoms with Gasteiger partial charge in [-0.25, -0.2) is 4.90 Å². The van der Waals surface area contributed by atoms with E-state index in [2.05, 4.69) is 5.32 Å². The minimum atomic E-state index is -0.820. The van der Waals surface area contributed by atoms with Gasteiger partial charge in [0.15, 0.2) is 0 Å². The number of rotatable bonds is 5. The van der Waals surface area contributed by atoms with E-state index < -0.39 is 17.1 Å². The Hall–Kier alpha value is -3.37. The van der Waals surface area contributed by atoms with Gasteiger partial charge in [0.25, 0.3) is 0 Å². The van der Waals surface area contributed by atoms with Gasteiger partial charge < -0.3 is 5.32 Å². The molecular weight excluding hydrogens is 589 g/mol. The summed E-state index contributed by atoms with van der Waals surface area (Å²) in [6, 6.07) is 21.2. The van der Waals surface area contributed by atoms with Gasteiger partial charge >= 0.3 is 4.87 Å². The SMILES string of the molecule is Cc1ccccc1NC(=O)Cn1c2c(sc1=O)C(c1cccc(Cl)c1Cl)C1C(=O)N(c3ccccc3)C(=O)C1S2. The van der Waals surface area contributed by atoms with Crippen molar-refractivity contribution in [3.8, 4) is 0 Å². The first-order chi connectivity index (χ1) is 19.3. The van der Waals surface area contributed by atoms with Crippen molar-refractivity contribution < 1.29 is 14.4 Å². The van der Waals surface area contributed by atoms with Gasteiger partial charge in [-0.3, -0.25) is 23.7 Å². The molecule has 1 N–H and O–H groups in total. The van der Waals surface area contributed by atoms with Crippen molar-refractivity contribution in [2.45, 2.75) is 29.7 Å². The highest BCUT2D eigenvalue weighted by atomic mass is 35.5. The number of anilines is 2. The Bertz CT molecular complexity index is 1740. The molecule has 4 aromatic rings. The van der Waals surface area contributed by atoms with E-state index in [0.717, 1.165) is 28.7 Å². The van der Waals surface area contributed by atoms with Gasteiger partial charge in [0.1, 0.15) is 11.8 Å². The summed E-state index contributed by atoms with van der Waals surface area (Å²) in [5.74, 6) is -2.64. The molecule has 1 fully saturated rings. The number of aromatic nitrogens is 1. The van der Waals surface area contributed by atoms with Crippen LogP contribution in [0.3, 0.4) is 0 Å². The summed E-state index contributed by atoms with van der Waals surface area (Å²) in [6.45, 7) is 1.63. The summed E-state index contributed by atoms with van der Waals surface area (Å²) in [5.41, 5.74) is 2.57. The number of thiazole rings is 1. The fraction of sp³-hybridized carbons (Fsp3) is 0.172. The molecule has 0 aliphatic carbocycles. The maximum Gasteiger partial charge on any atom is 0.308 e. The van der Waals surface area contributed by atoms with E-state index in [0.29, 0.717) is 31.9 Å². The maximum atomic E-state index is 13.9. The lowest BCUT2D eigenvalue weighted by Gasteiger charge is -2.31. The zero-order valence-corrected chi connectivity index (χ0v) is 24.1. The summed E-state index contributed by atoms with van der Waals surface area (Å²) in [5, 5.41) is 3.08. The number of nitrogens with zero attached hydrogens (tertiary/aromatic N) is 2. The highest BCUT2D eigenvalue weighted by Gasteiger charge is 2.57. The molecular formula is C29H21Cl2N3O4S2. The van der Waals surface area contributed by atoms with Crippen LogP contribution in [0.1, 0.15) is 21.9 Å². The number of halogens is 2. The Morgan fingerprint density at radius 3 is 2.40 bits per heavy atom. The number of aryl methyl sites for hydroxylation is 1. The van der Waals surface area contributed by atoms with Crippen molar-refractivity contribution in [2.75, 3.05) is 10.2 Å². The minimum absolute atomic E-state index is 0.246. The van der Waals surface area contributed by atoms with E-state index in [1.807, 2.05) is 31.2 Å². The van der Waals surface area contributed by atoms with Crippen molar-refractivity contribution in [2.24, 2.45) is 5.92 Å². The van der Waals surface area contributed by atoms with Crippen molar-refractivity contribution in [1.82, 2.24) is 4.57 Å². The minimum Gasteiger partial charge on any atom is -0.324 e. The number of hydrogen-bond acceptors (Lipinski definition) is 6. The molecule has 0 spiro atoms. The molecule has 1 aromatic heterocycles. The van der Waals surface area contributed by atoms with E-state index in [-0.39, 0.29) is 34.2 Å². The topological polar surface area (TPSA) is 88.5 Å². The monoisotopic (exact) mass is 609 g/mol. The number of thioether (sulfide) groups is 1. The fourth-order valence-corrected chi connectivity index (χ4v) is 8.42. The number of nitrogens with one attached hydrogen (secondary N) is 1. The number of benzene rings is 3. The number of carbonyl (C=O) groups is 3. The third-order valence-corrected chi connectivity index (χ3v) is 10.5. The Morgan fingerprint density at radius 2 is 1.65 bits per heavy atom. The van der Waals surface area contributed by atoms with Crippen LogP contribution < -0.4 is 15.1 Å². The van der Waals surface area contributed by atoms with Crippen LogP contribution in [-0.2, 0) is 20.9 Å². The number of fused-ring (bicyclic) bond motifs is 2. The number of carbonyl (C=O) groups excluding carboxylic acids is 3. The zero-order chi connectivity index (χ0) is 28.1. The summed E-state index contributed by atoms with van der Waals surface area (Å²) in [4.78, 5) is 55.5. The predicted molar refractivity (Wildman–Crippen MR) is 159 cm³/mol. The molecule has 2 aliphatic rings. The molecule has 3 amide bonds. The summed E-state index contributed by atoms with van der Waals surface area (Å²) < 4.78 is 1.38. The molecule has 0 saturated carbocycles. The highest BCUT2D eigenvalue weighted by molar-refractivity contribution is 8.00. The normalized spacial score (nSPS) is 19.9. The smallest absolute Gasteiger partial charge is 0.308 e. The highest BCUT2D eigenvalue weighted by Crippen LogP contribution is 2.55. The van der Waals surface area contributed by atoms with E-state index in [9.17, 15) is 19.2 Å². The average molecular weight is 611 g/mol. The third-order valence-electron chi connectivity index (χ3n) is 7.10. The van der Waals surface area contributed by atoms with Crippen LogP contribution in [0, 0.1) is 12.8 Å². The maximum absolute atomic E-state index is 13.9. The summed E-state index contributed by atoms with van der Waals surface area (Å²) in [7, 11) is 0. The number of imide groups is 1. The van der Waals surface area contributed by atoms with E-state index in [1.54, 1.807) is 48.5 Å². The van der Waals surface area contributed by atoms with Gasteiger partial charge in [-0.05, 0) is 42.3 Å². The molecule has 3 heterocycles. The molecule has 3 atom stereocenters. The third kappa shape index (κ3) is 4.47. The van der Waals surface area contributed by atoms with Gasteiger partial charge in [-0.15, -0.1) is 0 Å². The van der Waals surface area contributed by atoms with Gasteiger partial charge in [0, 0.05) is 16.5 Å². The van der Waals surface area contributed by atoms with Gasteiger partial charge in [0.05, 0.1) is 26.7 Å². The molecule has 7 nitrogen and oxygen atoms in total. The second-order valence-corrected chi connectivity index (χ2v) is 12.4. The van der Waals surface area contributed by atoms with Gasteiger partial charge in [0.2, 0.25) is 17.7 Å². The number of para-hydroxylation sites is 2. The fourth-order valence-electron chi connectivity index (χ4n) is 5.23. The number of hydrogen-bond donors (Lipinski definition) is 1. The quantitative estimate of drug-likeness (QED) is 0.282. The van der Waals surface area contributed by atoms with E-state index >= 15 is 0 Å².